The van der Waals surface area contributed by atoms with Gasteiger partial charge in [0.05, 0.1) is 10.7 Å². The van der Waals surface area contributed by atoms with E-state index >= 15 is 0 Å². The zero-order chi connectivity index (χ0) is 9.97. The van der Waals surface area contributed by atoms with Crippen LogP contribution in [0.3, 0.4) is 0 Å². The van der Waals surface area contributed by atoms with Crippen molar-refractivity contribution in [2.75, 3.05) is 11.5 Å². The molecule has 0 spiro atoms. The van der Waals surface area contributed by atoms with E-state index in [4.69, 9.17) is 17.3 Å². The third-order valence-corrected chi connectivity index (χ3v) is 4.01. The Bertz CT molecular complexity index is 326. The molecule has 0 saturated carbocycles. The quantitative estimate of drug-likeness (QED) is 0.805. The topological polar surface area (TPSA) is 51.8 Å². The van der Waals surface area contributed by atoms with Gasteiger partial charge in [0.2, 0.25) is 0 Å². The van der Waals surface area contributed by atoms with Gasteiger partial charge in [0.1, 0.15) is 0 Å². The summed E-state index contributed by atoms with van der Waals surface area (Å²) >= 11 is 7.83. The zero-order valence-corrected chi connectivity index (χ0v) is 9.31. The maximum absolute atomic E-state index is 5.90. The minimum Gasteiger partial charge on any atom is -0.381 e. The number of nitrogen functional groups attached to an aromatic ring is 1. The fourth-order valence-electron chi connectivity index (χ4n) is 1.52. The number of anilines is 1. The van der Waals surface area contributed by atoms with E-state index < -0.39 is 0 Å². The highest BCUT2D eigenvalue weighted by Gasteiger charge is 2.18. The average molecular weight is 230 g/mol. The number of aromatic nitrogens is 2. The van der Waals surface area contributed by atoms with E-state index in [9.17, 15) is 0 Å². The number of hydrogen-bond donors (Lipinski definition) is 1. The summed E-state index contributed by atoms with van der Waals surface area (Å²) in [7, 11) is 0. The molecule has 2 rings (SSSR count). The van der Waals surface area contributed by atoms with E-state index in [2.05, 4.69) is 10.2 Å². The van der Waals surface area contributed by atoms with E-state index in [1.165, 1.54) is 25.0 Å². The lowest BCUT2D eigenvalue weighted by Crippen LogP contribution is -2.06. The summed E-state index contributed by atoms with van der Waals surface area (Å²) in [5.74, 6) is 1.52. The fraction of sp³-hybridized carbons (Fsp3) is 0.556. The molecule has 1 aromatic rings. The van der Waals surface area contributed by atoms with Crippen molar-refractivity contribution >= 4 is 29.2 Å². The molecule has 3 nitrogen and oxygen atoms in total. The Labute approximate surface area is 92.4 Å². The molecule has 1 aliphatic rings. The summed E-state index contributed by atoms with van der Waals surface area (Å²) in [5, 5.41) is 8.89. The van der Waals surface area contributed by atoms with Crippen molar-refractivity contribution in [1.29, 1.82) is 0 Å². The largest absolute Gasteiger partial charge is 0.381 e. The van der Waals surface area contributed by atoms with Crippen molar-refractivity contribution in [2.45, 2.75) is 24.5 Å². The number of nitrogens with zero attached hydrogens (tertiary/aromatic N) is 2. The molecule has 0 radical (unpaired) electrons. The fourth-order valence-corrected chi connectivity index (χ4v) is 2.95. The van der Waals surface area contributed by atoms with Crippen LogP contribution in [-0.4, -0.2) is 16.0 Å². The molecule has 1 aromatic heterocycles. The van der Waals surface area contributed by atoms with Gasteiger partial charge in [-0.3, -0.25) is 0 Å². The first-order valence-corrected chi connectivity index (χ1v) is 6.10. The lowest BCUT2D eigenvalue weighted by atomic mass is 10.1. The van der Waals surface area contributed by atoms with Crippen LogP contribution in [0.1, 0.15) is 30.2 Å². The first-order chi connectivity index (χ1) is 6.77. The first kappa shape index (κ1) is 10.1. The third kappa shape index (κ3) is 2.12. The van der Waals surface area contributed by atoms with Crippen LogP contribution in [0.5, 0.6) is 0 Å². The van der Waals surface area contributed by atoms with Crippen LogP contribution in [0, 0.1) is 0 Å². The van der Waals surface area contributed by atoms with Crippen LogP contribution < -0.4 is 5.73 Å². The van der Waals surface area contributed by atoms with Gasteiger partial charge in [0.25, 0.3) is 0 Å². The van der Waals surface area contributed by atoms with Crippen LogP contribution in [0.2, 0.25) is 5.02 Å². The number of nitrogens with two attached hydrogens (primary N) is 1. The van der Waals surface area contributed by atoms with Crippen LogP contribution in [0.15, 0.2) is 6.07 Å². The van der Waals surface area contributed by atoms with Crippen LogP contribution in [0.25, 0.3) is 0 Å². The van der Waals surface area contributed by atoms with Crippen molar-refractivity contribution in [1.82, 2.24) is 10.2 Å². The molecule has 1 aliphatic heterocycles. The molecule has 1 fully saturated rings. The van der Waals surface area contributed by atoms with Crippen LogP contribution in [0.4, 0.5) is 5.82 Å². The summed E-state index contributed by atoms with van der Waals surface area (Å²) in [4.78, 5) is 0. The lowest BCUT2D eigenvalue weighted by molar-refractivity contribution is 0.669. The minimum absolute atomic E-state index is 0.316. The van der Waals surface area contributed by atoms with Crippen molar-refractivity contribution in [3.63, 3.8) is 0 Å². The van der Waals surface area contributed by atoms with Crippen molar-refractivity contribution in [3.8, 4) is 0 Å². The summed E-state index contributed by atoms with van der Waals surface area (Å²) in [6.07, 6.45) is 3.73. The predicted molar refractivity (Wildman–Crippen MR) is 60.5 cm³/mol. The smallest absolute Gasteiger partial charge is 0.164 e. The predicted octanol–water partition coefficient (Wildman–Crippen LogP) is 2.67. The van der Waals surface area contributed by atoms with E-state index in [1.807, 2.05) is 17.8 Å². The molecular weight excluding hydrogens is 218 g/mol. The molecule has 2 heterocycles. The van der Waals surface area contributed by atoms with Gasteiger partial charge >= 0.3 is 0 Å². The second-order valence-corrected chi connectivity index (χ2v) is 5.08. The van der Waals surface area contributed by atoms with E-state index in [-0.39, 0.29) is 0 Å². The highest BCUT2D eigenvalue weighted by Crippen LogP contribution is 2.37. The Kier molecular flexibility index (Phi) is 3.13. The maximum atomic E-state index is 5.90. The summed E-state index contributed by atoms with van der Waals surface area (Å²) in [6, 6.07) is 1.84. The van der Waals surface area contributed by atoms with Crippen molar-refractivity contribution in [2.24, 2.45) is 0 Å². The van der Waals surface area contributed by atoms with Gasteiger partial charge in [-0.25, -0.2) is 0 Å². The van der Waals surface area contributed by atoms with Crippen molar-refractivity contribution < 1.29 is 0 Å². The summed E-state index contributed by atoms with van der Waals surface area (Å²) in [6.45, 7) is 0. The Morgan fingerprint density at radius 3 is 2.93 bits per heavy atom. The van der Waals surface area contributed by atoms with Gasteiger partial charge < -0.3 is 5.73 Å². The first-order valence-electron chi connectivity index (χ1n) is 4.67. The third-order valence-electron chi connectivity index (χ3n) is 2.30. The number of thioether (sulfide) groups is 1. The zero-order valence-electron chi connectivity index (χ0n) is 7.74. The molecule has 76 valence electrons. The Hall–Kier alpha value is -0.480. The van der Waals surface area contributed by atoms with Crippen LogP contribution in [-0.2, 0) is 0 Å². The number of rotatable bonds is 1. The standard InChI is InChI=1S/C9H12ClN3S/c10-6-5-7(12-13-9(6)11)8-3-1-2-4-14-8/h5,8H,1-4H2,(H2,11,13). The van der Waals surface area contributed by atoms with Crippen molar-refractivity contribution in [3.05, 3.63) is 16.8 Å². The molecule has 2 N–H and O–H groups in total. The van der Waals surface area contributed by atoms with E-state index in [0.717, 1.165) is 5.69 Å². The van der Waals surface area contributed by atoms with E-state index in [0.29, 0.717) is 16.1 Å². The number of hydrogen-bond acceptors (Lipinski definition) is 4. The molecule has 0 aromatic carbocycles. The molecular formula is C9H12ClN3S. The highest BCUT2D eigenvalue weighted by atomic mass is 35.5. The molecule has 0 bridgehead atoms. The van der Waals surface area contributed by atoms with Crippen LogP contribution >= 0.6 is 23.4 Å². The Balaban J connectivity index is 2.18. The molecule has 0 aliphatic carbocycles. The summed E-state index contributed by atoms with van der Waals surface area (Å²) < 4.78 is 0. The highest BCUT2D eigenvalue weighted by molar-refractivity contribution is 7.99. The molecule has 5 heteroatoms. The average Bonchev–Trinajstić information content (AvgIpc) is 2.23. The molecule has 1 atom stereocenters. The second-order valence-electron chi connectivity index (χ2n) is 3.36. The summed E-state index contributed by atoms with van der Waals surface area (Å²) in [5.41, 5.74) is 6.47. The maximum Gasteiger partial charge on any atom is 0.164 e. The Morgan fingerprint density at radius 1 is 1.43 bits per heavy atom. The monoisotopic (exact) mass is 229 g/mol. The SMILES string of the molecule is Nc1nnc(C2CCCCS2)cc1Cl. The number of halogens is 1. The molecule has 1 unspecified atom stereocenters. The normalized spacial score (nSPS) is 22.2. The van der Waals surface area contributed by atoms with Gasteiger partial charge in [-0.15, -0.1) is 5.10 Å². The van der Waals surface area contributed by atoms with Gasteiger partial charge in [-0.05, 0) is 24.7 Å². The molecule has 14 heavy (non-hydrogen) atoms. The second kappa shape index (κ2) is 4.36. The molecule has 1 saturated heterocycles. The van der Waals surface area contributed by atoms with E-state index in [1.54, 1.807) is 0 Å². The van der Waals surface area contributed by atoms with Gasteiger partial charge in [-0.1, -0.05) is 18.0 Å². The van der Waals surface area contributed by atoms with Gasteiger partial charge in [-0.2, -0.15) is 16.9 Å². The molecule has 0 amide bonds. The lowest BCUT2D eigenvalue weighted by Gasteiger charge is -2.20. The van der Waals surface area contributed by atoms with Gasteiger partial charge in [0.15, 0.2) is 5.82 Å². The minimum atomic E-state index is 0.316. The van der Waals surface area contributed by atoms with Gasteiger partial charge in [0, 0.05) is 5.25 Å². The Morgan fingerprint density at radius 2 is 2.29 bits per heavy atom.